The van der Waals surface area contributed by atoms with Gasteiger partial charge in [-0.2, -0.15) is 39.5 Å². The molecule has 0 bridgehead atoms. The largest absolute Gasteiger partial charge is 0.416 e. The summed E-state index contributed by atoms with van der Waals surface area (Å²) < 4.78 is 121. The van der Waals surface area contributed by atoms with Gasteiger partial charge in [-0.1, -0.05) is 36.4 Å². The lowest BCUT2D eigenvalue weighted by molar-refractivity contribution is -0.138. The molecule has 0 fully saturated rings. The van der Waals surface area contributed by atoms with Crippen molar-refractivity contribution >= 4 is 16.7 Å². The molecule has 0 aromatic heterocycles. The highest BCUT2D eigenvalue weighted by molar-refractivity contribution is 6.17. The number of hydrogen-bond donors (Lipinski definition) is 2. The third-order valence-corrected chi connectivity index (χ3v) is 8.24. The van der Waals surface area contributed by atoms with Gasteiger partial charge < -0.3 is 15.1 Å². The van der Waals surface area contributed by atoms with Crippen molar-refractivity contribution in [1.29, 1.82) is 0 Å². The molecule has 248 valence electrons. The minimum absolute atomic E-state index is 0.0109. The lowest BCUT2D eigenvalue weighted by atomic mass is 9.81. The van der Waals surface area contributed by atoms with E-state index in [2.05, 4.69) is 0 Å². The Labute approximate surface area is 266 Å². The van der Waals surface area contributed by atoms with Crippen molar-refractivity contribution in [3.05, 3.63) is 119 Å². The molecule has 0 aliphatic carbocycles. The van der Waals surface area contributed by atoms with E-state index in [1.54, 1.807) is 0 Å². The summed E-state index contributed by atoms with van der Waals surface area (Å²) in [7, 11) is 0. The Morgan fingerprint density at radius 2 is 1.04 bits per heavy atom. The van der Waals surface area contributed by atoms with Gasteiger partial charge in [0, 0.05) is 23.1 Å². The van der Waals surface area contributed by atoms with Crippen molar-refractivity contribution < 1.29 is 54.5 Å². The van der Waals surface area contributed by atoms with Crippen molar-refractivity contribution in [2.45, 2.75) is 24.8 Å². The molecular formula is C35H22F9NO3. The fourth-order valence-electron chi connectivity index (χ4n) is 5.95. The molecule has 1 amide bonds. The Morgan fingerprint density at radius 3 is 1.50 bits per heavy atom. The van der Waals surface area contributed by atoms with Gasteiger partial charge in [0.2, 0.25) is 0 Å². The first kappa shape index (κ1) is 33.0. The van der Waals surface area contributed by atoms with Crippen LogP contribution in [0.4, 0.5) is 39.5 Å². The zero-order valence-corrected chi connectivity index (χ0v) is 24.3. The highest BCUT2D eigenvalue weighted by atomic mass is 19.4. The lowest BCUT2D eigenvalue weighted by Gasteiger charge is -2.35. The van der Waals surface area contributed by atoms with E-state index in [4.69, 9.17) is 0 Å². The summed E-state index contributed by atoms with van der Waals surface area (Å²) in [6.45, 7) is -0.864. The predicted molar refractivity (Wildman–Crippen MR) is 158 cm³/mol. The molecule has 1 unspecified atom stereocenters. The number of alkyl halides is 9. The van der Waals surface area contributed by atoms with Crippen molar-refractivity contribution in [3.8, 4) is 33.4 Å². The monoisotopic (exact) mass is 675 g/mol. The first-order chi connectivity index (χ1) is 22.5. The molecule has 5 aromatic rings. The van der Waals surface area contributed by atoms with E-state index in [9.17, 15) is 54.5 Å². The molecule has 0 saturated heterocycles. The number of amides is 1. The maximum atomic E-state index is 13.7. The fraction of sp³-hybridized carbons (Fsp3) is 0.171. The number of aliphatic hydroxyl groups excluding tert-OH is 2. The minimum atomic E-state index is -4.68. The zero-order valence-electron chi connectivity index (χ0n) is 24.3. The SMILES string of the molecule is O=C1c2cc(-c3ccc(C(F)(F)F)cc3)cc3c(-c4ccc(C(F)(F)F)cc4)c(-c4ccc(C(F)(F)F)cc4)cc(c23)C(O)N1CCO. The summed E-state index contributed by atoms with van der Waals surface area (Å²) in [4.78, 5) is 14.7. The summed E-state index contributed by atoms with van der Waals surface area (Å²) in [6.07, 6.45) is -15.6. The second-order valence-electron chi connectivity index (χ2n) is 11.2. The number of hydrogen-bond acceptors (Lipinski definition) is 3. The Bertz CT molecular complexity index is 2010. The molecule has 0 spiro atoms. The average Bonchev–Trinajstić information content (AvgIpc) is 3.03. The quantitative estimate of drug-likeness (QED) is 0.183. The number of halogens is 9. The number of nitrogens with zero attached hydrogens (tertiary/aromatic N) is 1. The Kier molecular flexibility index (Phi) is 8.03. The van der Waals surface area contributed by atoms with Crippen LogP contribution in [0.5, 0.6) is 0 Å². The number of benzene rings is 5. The van der Waals surface area contributed by atoms with Gasteiger partial charge in [0.25, 0.3) is 5.91 Å². The van der Waals surface area contributed by atoms with E-state index in [0.717, 1.165) is 65.6 Å². The van der Waals surface area contributed by atoms with E-state index in [0.29, 0.717) is 0 Å². The molecule has 13 heteroatoms. The first-order valence-corrected chi connectivity index (χ1v) is 14.3. The fourth-order valence-corrected chi connectivity index (χ4v) is 5.95. The van der Waals surface area contributed by atoms with E-state index >= 15 is 0 Å². The Morgan fingerprint density at radius 1 is 0.583 bits per heavy atom. The number of carbonyl (C=O) groups is 1. The molecule has 0 saturated carbocycles. The Balaban J connectivity index is 1.71. The molecule has 2 N–H and O–H groups in total. The molecule has 48 heavy (non-hydrogen) atoms. The minimum Gasteiger partial charge on any atom is -0.395 e. The normalized spacial score (nSPS) is 15.4. The van der Waals surface area contributed by atoms with Crippen molar-refractivity contribution in [1.82, 2.24) is 4.90 Å². The topological polar surface area (TPSA) is 60.8 Å². The maximum Gasteiger partial charge on any atom is 0.416 e. The lowest BCUT2D eigenvalue weighted by Crippen LogP contribution is -2.40. The van der Waals surface area contributed by atoms with Gasteiger partial charge in [-0.3, -0.25) is 4.79 Å². The number of aliphatic hydroxyl groups is 2. The molecule has 1 atom stereocenters. The summed E-state index contributed by atoms with van der Waals surface area (Å²) >= 11 is 0. The van der Waals surface area contributed by atoms with Gasteiger partial charge in [-0.25, -0.2) is 0 Å². The van der Waals surface area contributed by atoms with Crippen molar-refractivity contribution in [3.63, 3.8) is 0 Å². The average molecular weight is 676 g/mol. The van der Waals surface area contributed by atoms with Crippen molar-refractivity contribution in [2.24, 2.45) is 0 Å². The standard InChI is InChI=1S/C35H22F9NO3/c36-33(37,38)22-7-1-18(2-8-22)21-15-26-29(20-5-11-24(12-6-20)35(42,43)44)25(19-3-9-23(10-4-19)34(39,40)41)17-28-30(26)27(16-21)31(47)45(13-14-46)32(28)48/h1-12,15-17,32,46,48H,13-14H2. The van der Waals surface area contributed by atoms with Crippen LogP contribution in [-0.4, -0.2) is 34.2 Å². The van der Waals surface area contributed by atoms with Crippen LogP contribution >= 0.6 is 0 Å². The summed E-state index contributed by atoms with van der Waals surface area (Å²) in [5.41, 5.74) is -1.50. The van der Waals surface area contributed by atoms with Crippen molar-refractivity contribution in [2.75, 3.05) is 13.2 Å². The summed E-state index contributed by atoms with van der Waals surface area (Å²) in [6, 6.07) is 16.3. The number of rotatable bonds is 5. The molecule has 6 rings (SSSR count). The van der Waals surface area contributed by atoms with E-state index < -0.39 is 54.0 Å². The van der Waals surface area contributed by atoms with Crippen LogP contribution < -0.4 is 0 Å². The van der Waals surface area contributed by atoms with Gasteiger partial charge >= 0.3 is 18.5 Å². The zero-order chi connectivity index (χ0) is 34.8. The number of β-amino-alcohol motifs (C(OH)–C–C–N with tert-alkyl or cyclic N) is 1. The van der Waals surface area contributed by atoms with E-state index in [1.165, 1.54) is 30.3 Å². The van der Waals surface area contributed by atoms with Crippen LogP contribution in [-0.2, 0) is 18.5 Å². The maximum absolute atomic E-state index is 13.7. The molecule has 4 nitrogen and oxygen atoms in total. The highest BCUT2D eigenvalue weighted by Crippen LogP contribution is 2.48. The van der Waals surface area contributed by atoms with Crippen LogP contribution in [0.3, 0.4) is 0 Å². The molecule has 1 aliphatic rings. The smallest absolute Gasteiger partial charge is 0.395 e. The molecule has 0 radical (unpaired) electrons. The predicted octanol–water partition coefficient (Wildman–Crippen LogP) is 9.34. The van der Waals surface area contributed by atoms with Crippen LogP contribution in [0, 0.1) is 0 Å². The third kappa shape index (κ3) is 5.88. The highest BCUT2D eigenvalue weighted by Gasteiger charge is 2.36. The summed E-state index contributed by atoms with van der Waals surface area (Å²) in [5.74, 6) is -0.733. The summed E-state index contributed by atoms with van der Waals surface area (Å²) in [5, 5.41) is 21.4. The molecular weight excluding hydrogens is 653 g/mol. The second-order valence-corrected chi connectivity index (χ2v) is 11.2. The van der Waals surface area contributed by atoms with E-state index in [1.807, 2.05) is 0 Å². The van der Waals surface area contributed by atoms with Crippen LogP contribution in [0.1, 0.15) is 38.8 Å². The van der Waals surface area contributed by atoms with Crippen LogP contribution in [0.25, 0.3) is 44.2 Å². The van der Waals surface area contributed by atoms with Gasteiger partial charge in [0.1, 0.15) is 0 Å². The molecule has 1 aliphatic heterocycles. The number of carbonyl (C=O) groups excluding carboxylic acids is 1. The molecule has 5 aromatic carbocycles. The first-order valence-electron chi connectivity index (χ1n) is 14.3. The van der Waals surface area contributed by atoms with E-state index in [-0.39, 0.29) is 61.8 Å². The third-order valence-electron chi connectivity index (χ3n) is 8.24. The van der Waals surface area contributed by atoms with Gasteiger partial charge in [-0.15, -0.1) is 0 Å². The second kappa shape index (κ2) is 11.7. The Hall–Kier alpha value is -4.88. The van der Waals surface area contributed by atoms with Crippen LogP contribution in [0.15, 0.2) is 91.0 Å². The van der Waals surface area contributed by atoms with Gasteiger partial charge in [-0.05, 0) is 93.4 Å². The van der Waals surface area contributed by atoms with Gasteiger partial charge in [0.15, 0.2) is 6.23 Å². The van der Waals surface area contributed by atoms with Gasteiger partial charge in [0.05, 0.1) is 23.3 Å². The van der Waals surface area contributed by atoms with Crippen LogP contribution in [0.2, 0.25) is 0 Å². The molecule has 1 heterocycles.